The number of nitriles is 1. The van der Waals surface area contributed by atoms with E-state index in [1.165, 1.54) is 0 Å². The lowest BCUT2D eigenvalue weighted by atomic mass is 10.1. The molecule has 3 nitrogen and oxygen atoms in total. The van der Waals surface area contributed by atoms with E-state index in [4.69, 9.17) is 5.26 Å². The molecule has 1 heterocycles. The molecule has 0 saturated heterocycles. The van der Waals surface area contributed by atoms with Crippen LogP contribution in [0, 0.1) is 10.7 Å². The first kappa shape index (κ1) is 13.5. The van der Waals surface area contributed by atoms with Crippen LogP contribution < -0.4 is 0 Å². The molecule has 0 amide bonds. The van der Waals surface area contributed by atoms with Gasteiger partial charge in [0, 0.05) is 18.2 Å². The average Bonchev–Trinajstić information content (AvgIpc) is 2.86. The molecule has 0 aliphatic heterocycles. The fourth-order valence-corrected chi connectivity index (χ4v) is 3.04. The van der Waals surface area contributed by atoms with Crippen molar-refractivity contribution in [2.45, 2.75) is 4.90 Å². The zero-order valence-electron chi connectivity index (χ0n) is 11.5. The summed E-state index contributed by atoms with van der Waals surface area (Å²) in [6, 6.07) is 20.0. The van der Waals surface area contributed by atoms with Gasteiger partial charge in [0.15, 0.2) is 0 Å². The van der Waals surface area contributed by atoms with Gasteiger partial charge in [-0.2, -0.15) is 10.4 Å². The van der Waals surface area contributed by atoms with Gasteiger partial charge in [0.05, 0.1) is 10.6 Å². The number of hydrogen-bond donors (Lipinski definition) is 0. The van der Waals surface area contributed by atoms with Crippen molar-refractivity contribution >= 4 is 11.8 Å². The molecule has 21 heavy (non-hydrogen) atoms. The molecule has 0 radical (unpaired) electrons. The number of aryl methyl sites for hydroxylation is 1. The highest BCUT2D eigenvalue weighted by atomic mass is 32.2. The number of rotatable bonds is 3. The second-order valence-electron chi connectivity index (χ2n) is 4.58. The molecule has 0 unspecified atom stereocenters. The molecule has 102 valence electrons. The Labute approximate surface area is 127 Å². The first-order valence-electron chi connectivity index (χ1n) is 6.55. The van der Waals surface area contributed by atoms with Crippen molar-refractivity contribution in [1.82, 2.24) is 9.78 Å². The molecule has 0 aliphatic carbocycles. The molecule has 1 aromatic heterocycles. The molecular weight excluding hydrogens is 278 g/mol. The van der Waals surface area contributed by atoms with Crippen molar-refractivity contribution in [3.8, 4) is 27.9 Å². The molecule has 0 bridgehead atoms. The molecule has 0 atom stereocenters. The Balaban J connectivity index is 2.23. The van der Waals surface area contributed by atoms with Crippen LogP contribution in [0.4, 0.5) is 0 Å². The topological polar surface area (TPSA) is 41.6 Å². The van der Waals surface area contributed by atoms with Crippen molar-refractivity contribution < 1.29 is 0 Å². The molecular formula is C17H13N3S. The quantitative estimate of drug-likeness (QED) is 0.533. The molecule has 0 aliphatic rings. The SMILES string of the molecule is Cn1nc(-c2ccccc2)c(SC#N)c1-c1ccccc1. The molecule has 3 aromatic rings. The number of hydrogen-bond acceptors (Lipinski definition) is 3. The minimum Gasteiger partial charge on any atom is -0.266 e. The molecule has 0 fully saturated rings. The number of nitrogens with zero attached hydrogens (tertiary/aromatic N) is 3. The van der Waals surface area contributed by atoms with Gasteiger partial charge in [0.25, 0.3) is 0 Å². The van der Waals surface area contributed by atoms with Crippen LogP contribution in [0.15, 0.2) is 65.6 Å². The third-order valence-electron chi connectivity index (χ3n) is 3.25. The van der Waals surface area contributed by atoms with Gasteiger partial charge in [0.1, 0.15) is 11.1 Å². The van der Waals surface area contributed by atoms with Gasteiger partial charge in [-0.25, -0.2) is 0 Å². The number of benzene rings is 2. The van der Waals surface area contributed by atoms with Gasteiger partial charge in [-0.1, -0.05) is 60.7 Å². The van der Waals surface area contributed by atoms with Crippen molar-refractivity contribution in [2.24, 2.45) is 7.05 Å². The van der Waals surface area contributed by atoms with Crippen LogP contribution in [0.3, 0.4) is 0 Å². The molecule has 0 N–H and O–H groups in total. The van der Waals surface area contributed by atoms with E-state index in [1.54, 1.807) is 0 Å². The number of thioether (sulfide) groups is 1. The van der Waals surface area contributed by atoms with E-state index in [0.29, 0.717) is 0 Å². The summed E-state index contributed by atoms with van der Waals surface area (Å²) in [5, 5.41) is 15.9. The molecule has 3 rings (SSSR count). The maximum Gasteiger partial charge on any atom is 0.138 e. The highest BCUT2D eigenvalue weighted by molar-refractivity contribution is 8.04. The van der Waals surface area contributed by atoms with E-state index in [-0.39, 0.29) is 0 Å². The van der Waals surface area contributed by atoms with Crippen molar-refractivity contribution in [3.05, 3.63) is 60.7 Å². The van der Waals surface area contributed by atoms with Crippen LogP contribution in [0.25, 0.3) is 22.5 Å². The van der Waals surface area contributed by atoms with Gasteiger partial charge in [-0.3, -0.25) is 4.68 Å². The number of thiocyanates is 1. The van der Waals surface area contributed by atoms with Gasteiger partial charge < -0.3 is 0 Å². The Morgan fingerprint density at radius 2 is 1.52 bits per heavy atom. The third-order valence-corrected chi connectivity index (χ3v) is 3.93. The lowest BCUT2D eigenvalue weighted by molar-refractivity contribution is 0.778. The van der Waals surface area contributed by atoms with Crippen molar-refractivity contribution in [2.75, 3.05) is 0 Å². The molecule has 2 aromatic carbocycles. The van der Waals surface area contributed by atoms with Gasteiger partial charge >= 0.3 is 0 Å². The first-order chi connectivity index (χ1) is 10.3. The predicted octanol–water partition coefficient (Wildman–Crippen LogP) is 4.33. The minimum atomic E-state index is 0.850. The van der Waals surface area contributed by atoms with Crippen LogP contribution in [0.2, 0.25) is 0 Å². The fourth-order valence-electron chi connectivity index (χ4n) is 2.35. The van der Waals surface area contributed by atoms with E-state index < -0.39 is 0 Å². The van der Waals surface area contributed by atoms with Crippen LogP contribution in [-0.2, 0) is 7.05 Å². The summed E-state index contributed by atoms with van der Waals surface area (Å²) in [6.45, 7) is 0. The average molecular weight is 291 g/mol. The van der Waals surface area contributed by atoms with Crippen molar-refractivity contribution in [1.29, 1.82) is 5.26 Å². The summed E-state index contributed by atoms with van der Waals surface area (Å²) in [5.74, 6) is 0. The third kappa shape index (κ3) is 2.56. The van der Waals surface area contributed by atoms with Crippen molar-refractivity contribution in [3.63, 3.8) is 0 Å². The smallest absolute Gasteiger partial charge is 0.138 e. The maximum atomic E-state index is 9.15. The van der Waals surface area contributed by atoms with Gasteiger partial charge in [-0.05, 0) is 11.8 Å². The summed E-state index contributed by atoms with van der Waals surface area (Å²) in [4.78, 5) is 0.900. The second-order valence-corrected chi connectivity index (χ2v) is 5.37. The number of aromatic nitrogens is 2. The highest BCUT2D eigenvalue weighted by Crippen LogP contribution is 2.38. The Morgan fingerprint density at radius 1 is 0.952 bits per heavy atom. The summed E-state index contributed by atoms with van der Waals surface area (Å²) in [5.41, 5.74) is 3.91. The minimum absolute atomic E-state index is 0.850. The van der Waals surface area contributed by atoms with Crippen LogP contribution >= 0.6 is 11.8 Å². The van der Waals surface area contributed by atoms with E-state index in [2.05, 4.69) is 10.5 Å². The maximum absolute atomic E-state index is 9.15. The molecule has 4 heteroatoms. The summed E-state index contributed by atoms with van der Waals surface area (Å²) >= 11 is 1.16. The highest BCUT2D eigenvalue weighted by Gasteiger charge is 2.19. The second kappa shape index (κ2) is 5.86. The predicted molar refractivity (Wildman–Crippen MR) is 85.6 cm³/mol. The largest absolute Gasteiger partial charge is 0.266 e. The van der Waals surface area contributed by atoms with E-state index in [1.807, 2.05) is 72.4 Å². The van der Waals surface area contributed by atoms with E-state index >= 15 is 0 Å². The Morgan fingerprint density at radius 3 is 2.10 bits per heavy atom. The Bertz CT molecular complexity index is 786. The summed E-state index contributed by atoms with van der Waals surface area (Å²) < 4.78 is 1.84. The zero-order chi connectivity index (χ0) is 14.7. The Kier molecular flexibility index (Phi) is 3.76. The van der Waals surface area contributed by atoms with Gasteiger partial charge in [-0.15, -0.1) is 0 Å². The lowest BCUT2D eigenvalue weighted by Crippen LogP contribution is -1.93. The first-order valence-corrected chi connectivity index (χ1v) is 7.36. The normalized spacial score (nSPS) is 10.3. The summed E-state index contributed by atoms with van der Waals surface area (Å²) in [6.07, 6.45) is 0. The van der Waals surface area contributed by atoms with Crippen LogP contribution in [0.5, 0.6) is 0 Å². The van der Waals surface area contributed by atoms with Crippen LogP contribution in [-0.4, -0.2) is 9.78 Å². The molecule has 0 spiro atoms. The van der Waals surface area contributed by atoms with Gasteiger partial charge in [0.2, 0.25) is 0 Å². The monoisotopic (exact) mass is 291 g/mol. The lowest BCUT2D eigenvalue weighted by Gasteiger charge is -2.04. The molecule has 0 saturated carbocycles. The van der Waals surface area contributed by atoms with Crippen LogP contribution in [0.1, 0.15) is 0 Å². The standard InChI is InChI=1S/C17H13N3S/c1-20-16(14-10-6-3-7-11-14)17(21-12-18)15(19-20)13-8-4-2-5-9-13/h2-11H,1H3. The van der Waals surface area contributed by atoms with E-state index in [0.717, 1.165) is 39.2 Å². The Hall–Kier alpha value is -2.51. The zero-order valence-corrected chi connectivity index (χ0v) is 12.3. The fraction of sp³-hybridized carbons (Fsp3) is 0.0588. The summed E-state index contributed by atoms with van der Waals surface area (Å²) in [7, 11) is 1.91. The van der Waals surface area contributed by atoms with E-state index in [9.17, 15) is 0 Å².